The van der Waals surface area contributed by atoms with Gasteiger partial charge >= 0.3 is 0 Å². The van der Waals surface area contributed by atoms with E-state index in [2.05, 4.69) is 15.8 Å². The third-order valence-corrected chi connectivity index (χ3v) is 7.73. The first kappa shape index (κ1) is 27.2. The smallest absolute Gasteiger partial charge is 0.266 e. The number of carbonyl (C=O) groups excluding carboxylic acids is 3. The number of aromatic nitrogens is 1. The topological polar surface area (TPSA) is 105 Å². The Bertz CT molecular complexity index is 1310. The molecule has 0 bridgehead atoms. The summed E-state index contributed by atoms with van der Waals surface area (Å²) in [6.45, 7) is 0.494. The standard InChI is InChI=1S/C25H23ClN4O4S3/c26-17-11-9-16(10-12-17)14-20-23(33)30(25(35)37-20)13-5-1-2-8-21(31)28-29-22(32)15-36-24-27-18-6-3-4-7-19(18)34-24/h3-4,6-7,9-12,14H,1-2,5,8,13,15H2,(H,28,31)(H,29,32). The van der Waals surface area contributed by atoms with Crippen LogP contribution in [0.25, 0.3) is 17.2 Å². The lowest BCUT2D eigenvalue weighted by Gasteiger charge is -2.14. The molecule has 1 aliphatic heterocycles. The second-order valence-electron chi connectivity index (χ2n) is 8.03. The predicted octanol–water partition coefficient (Wildman–Crippen LogP) is 5.18. The van der Waals surface area contributed by atoms with Crippen LogP contribution in [0.5, 0.6) is 0 Å². The molecule has 3 amide bonds. The van der Waals surface area contributed by atoms with Gasteiger partial charge < -0.3 is 4.42 Å². The van der Waals surface area contributed by atoms with Crippen LogP contribution < -0.4 is 10.9 Å². The fourth-order valence-corrected chi connectivity index (χ4v) is 5.49. The van der Waals surface area contributed by atoms with E-state index in [9.17, 15) is 14.4 Å². The second-order valence-corrected chi connectivity index (χ2v) is 11.1. The molecule has 1 fully saturated rings. The Labute approximate surface area is 232 Å². The lowest BCUT2D eigenvalue weighted by molar-refractivity contribution is -0.127. The van der Waals surface area contributed by atoms with E-state index in [0.717, 1.165) is 29.3 Å². The van der Waals surface area contributed by atoms with Crippen LogP contribution >= 0.6 is 47.3 Å². The van der Waals surface area contributed by atoms with Gasteiger partial charge in [-0.3, -0.25) is 30.1 Å². The summed E-state index contributed by atoms with van der Waals surface area (Å²) in [5.41, 5.74) is 7.08. The molecule has 0 unspecified atom stereocenters. The molecule has 12 heteroatoms. The SMILES string of the molecule is O=C(CCCCCN1C(=O)C(=Cc2ccc(Cl)cc2)SC1=S)NNC(=O)CSc1nc2ccccc2o1. The van der Waals surface area contributed by atoms with Crippen LogP contribution in [0.2, 0.25) is 5.02 Å². The number of amides is 3. The Morgan fingerprint density at radius 2 is 1.84 bits per heavy atom. The van der Waals surface area contributed by atoms with Gasteiger partial charge in [0.2, 0.25) is 11.8 Å². The largest absolute Gasteiger partial charge is 0.431 e. The van der Waals surface area contributed by atoms with Crippen molar-refractivity contribution >= 4 is 86.6 Å². The average molecular weight is 575 g/mol. The number of fused-ring (bicyclic) bond motifs is 1. The summed E-state index contributed by atoms with van der Waals surface area (Å²) in [4.78, 5) is 43.2. The van der Waals surface area contributed by atoms with Crippen LogP contribution in [0.15, 0.2) is 63.1 Å². The molecule has 0 atom stereocenters. The molecule has 2 N–H and O–H groups in total. The Morgan fingerprint density at radius 3 is 2.62 bits per heavy atom. The number of carbonyl (C=O) groups is 3. The predicted molar refractivity (Wildman–Crippen MR) is 151 cm³/mol. The van der Waals surface area contributed by atoms with Crippen LogP contribution in [-0.2, 0) is 14.4 Å². The number of thiocarbonyl (C=S) groups is 1. The zero-order chi connectivity index (χ0) is 26.2. The second kappa shape index (κ2) is 13.1. The van der Waals surface area contributed by atoms with E-state index in [0.29, 0.717) is 44.4 Å². The van der Waals surface area contributed by atoms with Gasteiger partial charge in [0.25, 0.3) is 11.1 Å². The summed E-state index contributed by atoms with van der Waals surface area (Å²) < 4.78 is 6.08. The molecule has 4 rings (SSSR count). The summed E-state index contributed by atoms with van der Waals surface area (Å²) in [6.07, 6.45) is 4.13. The highest BCUT2D eigenvalue weighted by Crippen LogP contribution is 2.33. The molecule has 1 aromatic heterocycles. The highest BCUT2D eigenvalue weighted by molar-refractivity contribution is 8.26. The molecule has 37 heavy (non-hydrogen) atoms. The molecule has 8 nitrogen and oxygen atoms in total. The van der Waals surface area contributed by atoms with Gasteiger partial charge in [0.15, 0.2) is 5.58 Å². The molecule has 0 aliphatic carbocycles. The van der Waals surface area contributed by atoms with Crippen molar-refractivity contribution in [2.24, 2.45) is 0 Å². The number of hydrogen-bond acceptors (Lipinski definition) is 8. The van der Waals surface area contributed by atoms with E-state index >= 15 is 0 Å². The van der Waals surface area contributed by atoms with Crippen molar-refractivity contribution in [3.63, 3.8) is 0 Å². The van der Waals surface area contributed by atoms with Crippen LogP contribution in [0.1, 0.15) is 31.2 Å². The third kappa shape index (κ3) is 7.81. The first-order valence-electron chi connectivity index (χ1n) is 11.5. The highest BCUT2D eigenvalue weighted by Gasteiger charge is 2.31. The van der Waals surface area contributed by atoms with E-state index in [1.807, 2.05) is 30.3 Å². The highest BCUT2D eigenvalue weighted by atomic mass is 35.5. The number of benzene rings is 2. The maximum absolute atomic E-state index is 12.7. The zero-order valence-corrected chi connectivity index (χ0v) is 22.8. The number of halogens is 1. The van der Waals surface area contributed by atoms with Crippen molar-refractivity contribution in [1.29, 1.82) is 0 Å². The summed E-state index contributed by atoms with van der Waals surface area (Å²) in [5, 5.41) is 1.03. The van der Waals surface area contributed by atoms with Gasteiger partial charge in [-0.1, -0.05) is 78.0 Å². The minimum atomic E-state index is -0.360. The van der Waals surface area contributed by atoms with Crippen LogP contribution in [0, 0.1) is 0 Å². The van der Waals surface area contributed by atoms with E-state index in [4.69, 9.17) is 28.2 Å². The van der Waals surface area contributed by atoms with Gasteiger partial charge in [0, 0.05) is 18.0 Å². The Balaban J connectivity index is 1.10. The first-order chi connectivity index (χ1) is 17.9. The monoisotopic (exact) mass is 574 g/mol. The average Bonchev–Trinajstić information content (AvgIpc) is 3.42. The van der Waals surface area contributed by atoms with Crippen LogP contribution in [-0.4, -0.2) is 44.2 Å². The van der Waals surface area contributed by atoms with Gasteiger partial charge in [-0.05, 0) is 48.7 Å². The van der Waals surface area contributed by atoms with Crippen molar-refractivity contribution < 1.29 is 18.8 Å². The van der Waals surface area contributed by atoms with Crippen molar-refractivity contribution in [2.45, 2.75) is 30.9 Å². The molecule has 0 spiro atoms. The number of nitrogens with one attached hydrogen (secondary N) is 2. The fraction of sp³-hybridized carbons (Fsp3) is 0.240. The molecule has 2 heterocycles. The van der Waals surface area contributed by atoms with E-state index < -0.39 is 0 Å². The molecular formula is C25H23ClN4O4S3. The lowest BCUT2D eigenvalue weighted by Crippen LogP contribution is -2.42. The zero-order valence-electron chi connectivity index (χ0n) is 19.6. The third-order valence-electron chi connectivity index (χ3n) is 5.27. The molecule has 1 aliphatic rings. The minimum Gasteiger partial charge on any atom is -0.431 e. The summed E-state index contributed by atoms with van der Waals surface area (Å²) >= 11 is 13.7. The van der Waals surface area contributed by atoms with E-state index in [-0.39, 0.29) is 29.9 Å². The number of hydrogen-bond donors (Lipinski definition) is 2. The van der Waals surface area contributed by atoms with E-state index in [1.54, 1.807) is 29.2 Å². The van der Waals surface area contributed by atoms with Gasteiger partial charge in [-0.25, -0.2) is 4.98 Å². The number of hydrazine groups is 1. The first-order valence-corrected chi connectivity index (χ1v) is 14.0. The molecule has 0 radical (unpaired) electrons. The number of rotatable bonds is 10. The van der Waals surface area contributed by atoms with Gasteiger partial charge in [-0.2, -0.15) is 0 Å². The van der Waals surface area contributed by atoms with Crippen molar-refractivity contribution in [1.82, 2.24) is 20.7 Å². The summed E-state index contributed by atoms with van der Waals surface area (Å²) in [5.74, 6) is -0.692. The molecule has 1 saturated heterocycles. The molecule has 192 valence electrons. The van der Waals surface area contributed by atoms with Gasteiger partial charge in [-0.15, -0.1) is 0 Å². The number of para-hydroxylation sites is 2. The Hall–Kier alpha value is -2.86. The van der Waals surface area contributed by atoms with E-state index in [1.165, 1.54) is 11.8 Å². The quantitative estimate of drug-likeness (QED) is 0.112. The Kier molecular flexibility index (Phi) is 9.62. The van der Waals surface area contributed by atoms with Gasteiger partial charge in [0.1, 0.15) is 9.84 Å². The number of unbranched alkanes of at least 4 members (excludes halogenated alkanes) is 2. The number of thioether (sulfide) groups is 2. The number of oxazole rings is 1. The molecule has 3 aromatic rings. The summed E-state index contributed by atoms with van der Waals surface area (Å²) in [7, 11) is 0. The van der Waals surface area contributed by atoms with Crippen LogP contribution in [0.3, 0.4) is 0 Å². The normalized spacial score (nSPS) is 14.5. The van der Waals surface area contributed by atoms with Crippen molar-refractivity contribution in [2.75, 3.05) is 12.3 Å². The van der Waals surface area contributed by atoms with Crippen molar-refractivity contribution in [3.05, 3.63) is 64.0 Å². The lowest BCUT2D eigenvalue weighted by atomic mass is 10.2. The maximum atomic E-state index is 12.7. The van der Waals surface area contributed by atoms with Crippen LogP contribution in [0.4, 0.5) is 0 Å². The van der Waals surface area contributed by atoms with Gasteiger partial charge in [0.05, 0.1) is 10.7 Å². The minimum absolute atomic E-state index is 0.0589. The number of nitrogens with zero attached hydrogens (tertiary/aromatic N) is 2. The maximum Gasteiger partial charge on any atom is 0.266 e. The van der Waals surface area contributed by atoms with Crippen molar-refractivity contribution in [3.8, 4) is 0 Å². The fourth-order valence-electron chi connectivity index (χ4n) is 3.41. The Morgan fingerprint density at radius 1 is 1.08 bits per heavy atom. The summed E-state index contributed by atoms with van der Waals surface area (Å²) in [6, 6.07) is 14.6. The molecule has 0 saturated carbocycles. The molecule has 2 aromatic carbocycles. The molecular weight excluding hydrogens is 552 g/mol.